The summed E-state index contributed by atoms with van der Waals surface area (Å²) in [5.74, 6) is -0.0267. The maximum atomic E-state index is 11.7. The van der Waals surface area contributed by atoms with Crippen LogP contribution in [0.25, 0.3) is 0 Å². The first-order chi connectivity index (χ1) is 7.88. The topological polar surface area (TPSA) is 41.1 Å². The van der Waals surface area contributed by atoms with E-state index < -0.39 is 0 Å². The molecule has 1 aromatic carbocycles. The van der Waals surface area contributed by atoms with Gasteiger partial charge in [-0.2, -0.15) is 0 Å². The van der Waals surface area contributed by atoms with Gasteiger partial charge < -0.3 is 10.6 Å². The van der Waals surface area contributed by atoms with Crippen molar-refractivity contribution < 1.29 is 4.79 Å². The van der Waals surface area contributed by atoms with Gasteiger partial charge in [-0.15, -0.1) is 0 Å². The van der Waals surface area contributed by atoms with Gasteiger partial charge in [0.2, 0.25) is 5.91 Å². The molecule has 1 amide bonds. The number of carbonyl (C=O) groups excluding carboxylic acids is 1. The van der Waals surface area contributed by atoms with Gasteiger partial charge in [0.25, 0.3) is 0 Å². The molecule has 0 saturated carbocycles. The average Bonchev–Trinajstić information content (AvgIpc) is 2.19. The van der Waals surface area contributed by atoms with Crippen molar-refractivity contribution in [1.82, 2.24) is 5.32 Å². The predicted octanol–water partition coefficient (Wildman–Crippen LogP) is 3.02. The zero-order valence-corrected chi connectivity index (χ0v) is 12.1. The summed E-state index contributed by atoms with van der Waals surface area (Å²) in [6.45, 7) is 7.54. The molecule has 0 unspecified atom stereocenters. The van der Waals surface area contributed by atoms with E-state index in [9.17, 15) is 4.79 Å². The maximum Gasteiger partial charge on any atom is 0.238 e. The number of carbonyl (C=O) groups is 1. The number of hydrogen-bond donors (Lipinski definition) is 2. The number of amides is 1. The molecule has 0 aliphatic heterocycles. The second kappa shape index (κ2) is 6.17. The van der Waals surface area contributed by atoms with Gasteiger partial charge in [0.15, 0.2) is 0 Å². The van der Waals surface area contributed by atoms with Crippen LogP contribution in [0, 0.1) is 5.41 Å². The predicted molar refractivity (Wildman–Crippen MR) is 75.1 cm³/mol. The minimum atomic E-state index is -0.0267. The van der Waals surface area contributed by atoms with Crippen LogP contribution >= 0.6 is 15.9 Å². The Morgan fingerprint density at radius 2 is 1.94 bits per heavy atom. The molecule has 0 aliphatic carbocycles. The van der Waals surface area contributed by atoms with E-state index >= 15 is 0 Å². The molecule has 0 fully saturated rings. The van der Waals surface area contributed by atoms with Crippen LogP contribution in [0.5, 0.6) is 0 Å². The van der Waals surface area contributed by atoms with Crippen molar-refractivity contribution in [3.63, 3.8) is 0 Å². The lowest BCUT2D eigenvalue weighted by atomic mass is 9.97. The van der Waals surface area contributed by atoms with E-state index in [1.54, 1.807) is 0 Å². The fraction of sp³-hybridized carbons (Fsp3) is 0.462. The Kier molecular flexibility index (Phi) is 5.15. The fourth-order valence-corrected chi connectivity index (χ4v) is 1.69. The first kappa shape index (κ1) is 14.2. The van der Waals surface area contributed by atoms with E-state index in [2.05, 4.69) is 47.3 Å². The highest BCUT2D eigenvalue weighted by Crippen LogP contribution is 2.20. The molecular weight excluding hydrogens is 280 g/mol. The standard InChI is InChI=1S/C13H19BrN2O/c1-13(2,3)9-15-8-12(17)16-11-7-5-4-6-10(11)14/h4-7,15H,8-9H2,1-3H3,(H,16,17). The Morgan fingerprint density at radius 1 is 1.29 bits per heavy atom. The summed E-state index contributed by atoms with van der Waals surface area (Å²) >= 11 is 3.39. The maximum absolute atomic E-state index is 11.7. The normalized spacial score (nSPS) is 11.3. The summed E-state index contributed by atoms with van der Waals surface area (Å²) in [4.78, 5) is 11.7. The molecule has 17 heavy (non-hydrogen) atoms. The molecule has 0 spiro atoms. The van der Waals surface area contributed by atoms with Gasteiger partial charge >= 0.3 is 0 Å². The number of benzene rings is 1. The highest BCUT2D eigenvalue weighted by Gasteiger charge is 2.10. The molecule has 0 bridgehead atoms. The Labute approximate surface area is 111 Å². The van der Waals surface area contributed by atoms with Crippen molar-refractivity contribution in [2.75, 3.05) is 18.4 Å². The molecule has 94 valence electrons. The number of para-hydroxylation sites is 1. The molecule has 0 aliphatic rings. The largest absolute Gasteiger partial charge is 0.324 e. The van der Waals surface area contributed by atoms with Crippen molar-refractivity contribution in [3.05, 3.63) is 28.7 Å². The van der Waals surface area contributed by atoms with Crippen molar-refractivity contribution in [2.45, 2.75) is 20.8 Å². The van der Waals surface area contributed by atoms with Gasteiger partial charge in [0.1, 0.15) is 0 Å². The lowest BCUT2D eigenvalue weighted by molar-refractivity contribution is -0.115. The Hall–Kier alpha value is -0.870. The summed E-state index contributed by atoms with van der Waals surface area (Å²) < 4.78 is 0.893. The molecule has 3 nitrogen and oxygen atoms in total. The molecule has 0 heterocycles. The van der Waals surface area contributed by atoms with Gasteiger partial charge in [-0.1, -0.05) is 32.9 Å². The van der Waals surface area contributed by atoms with E-state index in [4.69, 9.17) is 0 Å². The van der Waals surface area contributed by atoms with Crippen LogP contribution in [-0.2, 0) is 4.79 Å². The minimum absolute atomic E-state index is 0.0267. The van der Waals surface area contributed by atoms with Crippen LogP contribution in [0.15, 0.2) is 28.7 Å². The lowest BCUT2D eigenvalue weighted by Gasteiger charge is -2.18. The van der Waals surface area contributed by atoms with Gasteiger partial charge in [-0.3, -0.25) is 4.79 Å². The second-order valence-electron chi connectivity index (χ2n) is 5.19. The third kappa shape index (κ3) is 5.84. The lowest BCUT2D eigenvalue weighted by Crippen LogP contribution is -2.34. The van der Waals surface area contributed by atoms with Crippen LogP contribution in [0.1, 0.15) is 20.8 Å². The summed E-state index contributed by atoms with van der Waals surface area (Å²) in [6.07, 6.45) is 0. The summed E-state index contributed by atoms with van der Waals surface area (Å²) in [6, 6.07) is 7.57. The zero-order valence-electron chi connectivity index (χ0n) is 10.5. The average molecular weight is 299 g/mol. The Morgan fingerprint density at radius 3 is 2.53 bits per heavy atom. The van der Waals surface area contributed by atoms with Gasteiger partial charge in [0.05, 0.1) is 12.2 Å². The third-order valence-electron chi connectivity index (χ3n) is 2.09. The highest BCUT2D eigenvalue weighted by atomic mass is 79.9. The number of rotatable bonds is 4. The molecule has 4 heteroatoms. The third-order valence-corrected chi connectivity index (χ3v) is 2.78. The summed E-state index contributed by atoms with van der Waals surface area (Å²) in [7, 11) is 0. The number of halogens is 1. The van der Waals surface area contributed by atoms with E-state index in [1.165, 1.54) is 0 Å². The second-order valence-corrected chi connectivity index (χ2v) is 6.05. The van der Waals surface area contributed by atoms with Crippen molar-refractivity contribution in [2.24, 2.45) is 5.41 Å². The smallest absolute Gasteiger partial charge is 0.238 e. The number of anilines is 1. The first-order valence-corrected chi connectivity index (χ1v) is 6.43. The van der Waals surface area contributed by atoms with Crippen LogP contribution in [0.2, 0.25) is 0 Å². The molecule has 1 aromatic rings. The quantitative estimate of drug-likeness (QED) is 0.897. The Balaban J connectivity index is 2.38. The van der Waals surface area contributed by atoms with Crippen LogP contribution in [-0.4, -0.2) is 19.0 Å². The molecule has 1 rings (SSSR count). The molecule has 2 N–H and O–H groups in total. The van der Waals surface area contributed by atoms with E-state index in [-0.39, 0.29) is 11.3 Å². The fourth-order valence-electron chi connectivity index (χ4n) is 1.31. The van der Waals surface area contributed by atoms with Gasteiger partial charge in [-0.25, -0.2) is 0 Å². The van der Waals surface area contributed by atoms with Crippen molar-refractivity contribution >= 4 is 27.5 Å². The monoisotopic (exact) mass is 298 g/mol. The van der Waals surface area contributed by atoms with Gasteiger partial charge in [-0.05, 0) is 33.5 Å². The van der Waals surface area contributed by atoms with Crippen LogP contribution < -0.4 is 10.6 Å². The van der Waals surface area contributed by atoms with Gasteiger partial charge in [0, 0.05) is 11.0 Å². The molecule has 0 aromatic heterocycles. The summed E-state index contributed by atoms with van der Waals surface area (Å²) in [5.41, 5.74) is 0.989. The van der Waals surface area contributed by atoms with E-state index in [0.717, 1.165) is 16.7 Å². The molecule has 0 radical (unpaired) electrons. The highest BCUT2D eigenvalue weighted by molar-refractivity contribution is 9.10. The summed E-state index contributed by atoms with van der Waals surface area (Å²) in [5, 5.41) is 5.99. The SMILES string of the molecule is CC(C)(C)CNCC(=O)Nc1ccccc1Br. The zero-order chi connectivity index (χ0) is 12.9. The molecular formula is C13H19BrN2O. The number of hydrogen-bond acceptors (Lipinski definition) is 2. The number of nitrogens with one attached hydrogen (secondary N) is 2. The van der Waals surface area contributed by atoms with Crippen LogP contribution in [0.3, 0.4) is 0 Å². The molecule has 0 atom stereocenters. The minimum Gasteiger partial charge on any atom is -0.324 e. The first-order valence-electron chi connectivity index (χ1n) is 5.63. The van der Waals surface area contributed by atoms with E-state index in [0.29, 0.717) is 6.54 Å². The molecule has 0 saturated heterocycles. The Bertz CT molecular complexity index is 385. The van der Waals surface area contributed by atoms with Crippen molar-refractivity contribution in [3.8, 4) is 0 Å². The van der Waals surface area contributed by atoms with E-state index in [1.807, 2.05) is 24.3 Å². The van der Waals surface area contributed by atoms with Crippen LogP contribution in [0.4, 0.5) is 5.69 Å². The van der Waals surface area contributed by atoms with Crippen molar-refractivity contribution in [1.29, 1.82) is 0 Å².